The normalized spacial score (nSPS) is 18.7. The van der Waals surface area contributed by atoms with Crippen LogP contribution in [0.1, 0.15) is 37.7 Å². The molecule has 6 heteroatoms. The van der Waals surface area contributed by atoms with Gasteiger partial charge in [-0.2, -0.15) is 0 Å². The van der Waals surface area contributed by atoms with Gasteiger partial charge in [0.05, 0.1) is 5.69 Å². The summed E-state index contributed by atoms with van der Waals surface area (Å²) in [5.74, 6) is -0.0375. The first-order valence-corrected chi connectivity index (χ1v) is 9.11. The molecule has 2 aliphatic rings. The van der Waals surface area contributed by atoms with E-state index < -0.39 is 0 Å². The second kappa shape index (κ2) is 7.85. The third-order valence-corrected chi connectivity index (χ3v) is 5.08. The van der Waals surface area contributed by atoms with Crippen molar-refractivity contribution in [1.29, 1.82) is 0 Å². The van der Waals surface area contributed by atoms with Crippen LogP contribution in [0.3, 0.4) is 0 Å². The molecular formula is C19H26FN3O2. The molecule has 0 radical (unpaired) electrons. The second-order valence-electron chi connectivity index (χ2n) is 7.02. The third kappa shape index (κ3) is 4.50. The average molecular weight is 347 g/mol. The second-order valence-corrected chi connectivity index (χ2v) is 7.02. The van der Waals surface area contributed by atoms with E-state index >= 15 is 0 Å². The SMILES string of the molecule is Cc1ccc(F)c(N2CCC(NC(=O)CCN3CCCC3=O)CC2)c1. The number of benzene rings is 1. The quantitative estimate of drug-likeness (QED) is 0.889. The van der Waals surface area contributed by atoms with Crippen LogP contribution in [0.2, 0.25) is 0 Å². The van der Waals surface area contributed by atoms with Gasteiger partial charge in [0.1, 0.15) is 5.82 Å². The molecule has 0 unspecified atom stereocenters. The van der Waals surface area contributed by atoms with E-state index in [1.807, 2.05) is 17.9 Å². The molecule has 1 N–H and O–H groups in total. The average Bonchev–Trinajstić information content (AvgIpc) is 3.01. The minimum atomic E-state index is -0.191. The minimum Gasteiger partial charge on any atom is -0.369 e. The van der Waals surface area contributed by atoms with Crippen molar-refractivity contribution in [3.8, 4) is 0 Å². The van der Waals surface area contributed by atoms with Crippen molar-refractivity contribution in [3.05, 3.63) is 29.6 Å². The number of rotatable bonds is 5. The molecule has 0 saturated carbocycles. The highest BCUT2D eigenvalue weighted by Crippen LogP contribution is 2.24. The van der Waals surface area contributed by atoms with Crippen molar-refractivity contribution in [2.75, 3.05) is 31.1 Å². The molecule has 5 nitrogen and oxygen atoms in total. The van der Waals surface area contributed by atoms with Gasteiger partial charge in [-0.05, 0) is 43.9 Å². The number of likely N-dealkylation sites (tertiary alicyclic amines) is 1. The Balaban J connectivity index is 1.43. The van der Waals surface area contributed by atoms with E-state index in [-0.39, 0.29) is 23.7 Å². The number of amides is 2. The predicted molar refractivity (Wildman–Crippen MR) is 94.9 cm³/mol. The molecule has 2 fully saturated rings. The Labute approximate surface area is 148 Å². The predicted octanol–water partition coefficient (Wildman–Crippen LogP) is 2.23. The van der Waals surface area contributed by atoms with Gasteiger partial charge in [0.25, 0.3) is 0 Å². The highest BCUT2D eigenvalue weighted by Gasteiger charge is 2.24. The molecule has 0 aromatic heterocycles. The van der Waals surface area contributed by atoms with E-state index in [0.717, 1.165) is 44.5 Å². The molecule has 2 amide bonds. The number of hydrogen-bond donors (Lipinski definition) is 1. The van der Waals surface area contributed by atoms with Gasteiger partial charge in [-0.1, -0.05) is 6.07 Å². The van der Waals surface area contributed by atoms with E-state index in [4.69, 9.17) is 0 Å². The van der Waals surface area contributed by atoms with Crippen LogP contribution in [-0.2, 0) is 9.59 Å². The van der Waals surface area contributed by atoms with Crippen molar-refractivity contribution in [1.82, 2.24) is 10.2 Å². The van der Waals surface area contributed by atoms with Crippen molar-refractivity contribution >= 4 is 17.5 Å². The Morgan fingerprint density at radius 1 is 1.28 bits per heavy atom. The Bertz CT molecular complexity index is 642. The maximum Gasteiger partial charge on any atom is 0.222 e. The van der Waals surface area contributed by atoms with Crippen LogP contribution in [0.5, 0.6) is 0 Å². The summed E-state index contributed by atoms with van der Waals surface area (Å²) in [6.45, 7) is 4.71. The largest absolute Gasteiger partial charge is 0.369 e. The summed E-state index contributed by atoms with van der Waals surface area (Å²) in [5, 5.41) is 3.06. The van der Waals surface area contributed by atoms with Crippen molar-refractivity contribution in [2.24, 2.45) is 0 Å². The summed E-state index contributed by atoms with van der Waals surface area (Å²) in [6, 6.07) is 5.29. The van der Waals surface area contributed by atoms with Gasteiger partial charge in [-0.15, -0.1) is 0 Å². The first-order chi connectivity index (χ1) is 12.0. The minimum absolute atomic E-state index is 0.000105. The van der Waals surface area contributed by atoms with Gasteiger partial charge in [-0.3, -0.25) is 9.59 Å². The van der Waals surface area contributed by atoms with E-state index in [9.17, 15) is 14.0 Å². The van der Waals surface area contributed by atoms with Crippen LogP contribution in [0, 0.1) is 12.7 Å². The first-order valence-electron chi connectivity index (χ1n) is 9.11. The number of nitrogens with one attached hydrogen (secondary N) is 1. The number of piperidine rings is 1. The fourth-order valence-corrected chi connectivity index (χ4v) is 3.61. The lowest BCUT2D eigenvalue weighted by Gasteiger charge is -2.34. The molecule has 3 rings (SSSR count). The summed E-state index contributed by atoms with van der Waals surface area (Å²) < 4.78 is 14.0. The number of aryl methyl sites for hydroxylation is 1. The molecule has 0 bridgehead atoms. The maximum atomic E-state index is 14.0. The summed E-state index contributed by atoms with van der Waals surface area (Å²) in [7, 11) is 0. The van der Waals surface area contributed by atoms with Crippen molar-refractivity contribution in [3.63, 3.8) is 0 Å². The summed E-state index contributed by atoms with van der Waals surface area (Å²) >= 11 is 0. The number of hydrogen-bond acceptors (Lipinski definition) is 3. The number of anilines is 1. The van der Waals surface area contributed by atoms with Crippen molar-refractivity contribution in [2.45, 2.75) is 45.1 Å². The molecule has 2 heterocycles. The molecule has 2 aliphatic heterocycles. The van der Waals surface area contributed by atoms with Gasteiger partial charge < -0.3 is 15.1 Å². The van der Waals surface area contributed by atoms with Crippen LogP contribution in [0.4, 0.5) is 10.1 Å². The molecule has 1 aromatic carbocycles. The molecular weight excluding hydrogens is 321 g/mol. The monoisotopic (exact) mass is 347 g/mol. The maximum absolute atomic E-state index is 14.0. The molecule has 25 heavy (non-hydrogen) atoms. The van der Waals surface area contributed by atoms with E-state index in [1.54, 1.807) is 11.0 Å². The van der Waals surface area contributed by atoms with Gasteiger partial charge in [0.15, 0.2) is 0 Å². The van der Waals surface area contributed by atoms with Crippen molar-refractivity contribution < 1.29 is 14.0 Å². The Morgan fingerprint density at radius 2 is 2.04 bits per heavy atom. The lowest BCUT2D eigenvalue weighted by molar-refractivity contribution is -0.128. The third-order valence-electron chi connectivity index (χ3n) is 5.08. The smallest absolute Gasteiger partial charge is 0.222 e. The zero-order chi connectivity index (χ0) is 17.8. The zero-order valence-electron chi connectivity index (χ0n) is 14.8. The summed E-state index contributed by atoms with van der Waals surface area (Å²) in [6.07, 6.45) is 3.48. The lowest BCUT2D eigenvalue weighted by Crippen LogP contribution is -2.45. The van der Waals surface area contributed by atoms with E-state index in [1.165, 1.54) is 6.07 Å². The van der Waals surface area contributed by atoms with Gasteiger partial charge >= 0.3 is 0 Å². The standard InChI is InChI=1S/C19H26FN3O2/c1-14-4-5-16(20)17(13-14)22-10-6-15(7-11-22)21-18(24)8-12-23-9-2-3-19(23)25/h4-5,13,15H,2-3,6-12H2,1H3,(H,21,24). The van der Waals surface area contributed by atoms with Gasteiger partial charge in [0, 0.05) is 45.1 Å². The van der Waals surface area contributed by atoms with Crippen LogP contribution in [-0.4, -0.2) is 48.9 Å². The molecule has 2 saturated heterocycles. The Morgan fingerprint density at radius 3 is 2.72 bits per heavy atom. The number of carbonyl (C=O) groups is 2. The highest BCUT2D eigenvalue weighted by molar-refractivity contribution is 5.80. The summed E-state index contributed by atoms with van der Waals surface area (Å²) in [4.78, 5) is 27.5. The zero-order valence-corrected chi connectivity index (χ0v) is 14.8. The van der Waals surface area contributed by atoms with E-state index in [0.29, 0.717) is 25.1 Å². The first kappa shape index (κ1) is 17.7. The summed E-state index contributed by atoms with van der Waals surface area (Å²) in [5.41, 5.74) is 1.70. The number of halogens is 1. The van der Waals surface area contributed by atoms with Gasteiger partial charge in [0.2, 0.25) is 11.8 Å². The van der Waals surface area contributed by atoms with Crippen LogP contribution in [0.25, 0.3) is 0 Å². The van der Waals surface area contributed by atoms with Crippen LogP contribution in [0.15, 0.2) is 18.2 Å². The number of nitrogens with zero attached hydrogens (tertiary/aromatic N) is 2. The lowest BCUT2D eigenvalue weighted by atomic mass is 10.0. The molecule has 0 spiro atoms. The number of carbonyl (C=O) groups excluding carboxylic acids is 2. The fraction of sp³-hybridized carbons (Fsp3) is 0.579. The van der Waals surface area contributed by atoms with Gasteiger partial charge in [-0.25, -0.2) is 4.39 Å². The topological polar surface area (TPSA) is 52.7 Å². The molecule has 0 aliphatic carbocycles. The molecule has 1 aromatic rings. The van der Waals surface area contributed by atoms with Crippen LogP contribution < -0.4 is 10.2 Å². The highest BCUT2D eigenvalue weighted by atomic mass is 19.1. The van der Waals surface area contributed by atoms with E-state index in [2.05, 4.69) is 5.32 Å². The Hall–Kier alpha value is -2.11. The molecule has 136 valence electrons. The fourth-order valence-electron chi connectivity index (χ4n) is 3.61. The molecule has 0 atom stereocenters. The van der Waals surface area contributed by atoms with Crippen LogP contribution >= 0.6 is 0 Å². The Kier molecular flexibility index (Phi) is 5.56.